The second-order valence-corrected chi connectivity index (χ2v) is 6.39. The number of amides is 1. The summed E-state index contributed by atoms with van der Waals surface area (Å²) in [7, 11) is 1.31. The third-order valence-corrected chi connectivity index (χ3v) is 4.91. The number of rotatable bonds is 5. The highest BCUT2D eigenvalue weighted by Crippen LogP contribution is 2.24. The Morgan fingerprint density at radius 2 is 2.26 bits per heavy atom. The van der Waals surface area contributed by atoms with Crippen LogP contribution in [-0.4, -0.2) is 34.1 Å². The molecule has 0 aliphatic heterocycles. The molecule has 3 aromatic rings. The molecule has 0 atom stereocenters. The first-order valence-corrected chi connectivity index (χ1v) is 8.56. The van der Waals surface area contributed by atoms with Crippen LogP contribution in [0.1, 0.15) is 9.67 Å². The average Bonchev–Trinajstić information content (AvgIpc) is 3.19. The normalized spacial score (nSPS) is 10.7. The summed E-state index contributed by atoms with van der Waals surface area (Å²) in [6.45, 7) is 0. The van der Waals surface area contributed by atoms with Crippen molar-refractivity contribution in [3.63, 3.8) is 0 Å². The van der Waals surface area contributed by atoms with E-state index in [4.69, 9.17) is 0 Å². The van der Waals surface area contributed by atoms with E-state index in [1.54, 1.807) is 17.6 Å². The number of esters is 1. The summed E-state index contributed by atoms with van der Waals surface area (Å²) in [5.74, 6) is -0.460. The van der Waals surface area contributed by atoms with Crippen LogP contribution in [0.5, 0.6) is 0 Å². The Balaban J connectivity index is 1.64. The Morgan fingerprint density at radius 3 is 3.09 bits per heavy atom. The lowest BCUT2D eigenvalue weighted by atomic mass is 10.4. The smallest absolute Gasteiger partial charge is 0.350 e. The Labute approximate surface area is 140 Å². The number of fused-ring (bicyclic) bond motifs is 1. The minimum absolute atomic E-state index is 0.199. The van der Waals surface area contributed by atoms with Crippen LogP contribution < -0.4 is 5.32 Å². The highest BCUT2D eigenvalue weighted by molar-refractivity contribution is 7.99. The van der Waals surface area contributed by atoms with Gasteiger partial charge in [0, 0.05) is 6.20 Å². The zero-order chi connectivity index (χ0) is 16.2. The minimum Gasteiger partial charge on any atom is -0.465 e. The van der Waals surface area contributed by atoms with E-state index in [0.29, 0.717) is 10.6 Å². The van der Waals surface area contributed by atoms with Crippen molar-refractivity contribution in [1.82, 2.24) is 9.38 Å². The number of nitrogens with zero attached hydrogens (tertiary/aromatic N) is 2. The number of nitrogens with one attached hydrogen (secondary N) is 1. The van der Waals surface area contributed by atoms with E-state index in [1.165, 1.54) is 30.2 Å². The first-order valence-electron chi connectivity index (χ1n) is 6.69. The van der Waals surface area contributed by atoms with E-state index in [1.807, 2.05) is 28.8 Å². The molecule has 0 saturated heterocycles. The number of carbonyl (C=O) groups is 2. The summed E-state index contributed by atoms with van der Waals surface area (Å²) in [4.78, 5) is 28.4. The zero-order valence-electron chi connectivity index (χ0n) is 12.2. The van der Waals surface area contributed by atoms with Gasteiger partial charge in [0.2, 0.25) is 5.91 Å². The molecule has 0 aromatic carbocycles. The second kappa shape index (κ2) is 6.84. The van der Waals surface area contributed by atoms with Crippen molar-refractivity contribution in [1.29, 1.82) is 0 Å². The van der Waals surface area contributed by atoms with Crippen molar-refractivity contribution in [2.24, 2.45) is 0 Å². The number of hydrogen-bond donors (Lipinski definition) is 1. The van der Waals surface area contributed by atoms with Gasteiger partial charge in [0.1, 0.15) is 4.88 Å². The molecule has 1 N–H and O–H groups in total. The van der Waals surface area contributed by atoms with Crippen molar-refractivity contribution in [3.8, 4) is 0 Å². The molecule has 8 heteroatoms. The van der Waals surface area contributed by atoms with Gasteiger partial charge in [-0.05, 0) is 23.6 Å². The number of carbonyl (C=O) groups excluding carboxylic acids is 2. The van der Waals surface area contributed by atoms with Gasteiger partial charge >= 0.3 is 5.97 Å². The zero-order valence-corrected chi connectivity index (χ0v) is 13.8. The predicted octanol–water partition coefficient (Wildman–Crippen LogP) is 2.91. The lowest BCUT2D eigenvalue weighted by molar-refractivity contribution is -0.113. The fraction of sp³-hybridized carbons (Fsp3) is 0.133. The van der Waals surface area contributed by atoms with Crippen LogP contribution in [0, 0.1) is 0 Å². The molecule has 3 rings (SSSR count). The molecule has 1 amide bonds. The number of ether oxygens (including phenoxy) is 1. The Bertz CT molecular complexity index is 856. The van der Waals surface area contributed by atoms with Gasteiger partial charge in [-0.1, -0.05) is 17.8 Å². The molecular weight excluding hydrogens is 334 g/mol. The SMILES string of the molecule is COC(=O)c1sccc1NC(=O)CSc1ncc2ccccn12. The molecule has 3 heterocycles. The van der Waals surface area contributed by atoms with Crippen molar-refractivity contribution in [2.75, 3.05) is 18.2 Å². The van der Waals surface area contributed by atoms with Crippen molar-refractivity contribution in [2.45, 2.75) is 5.16 Å². The number of methoxy groups -OCH3 is 1. The fourth-order valence-electron chi connectivity index (χ4n) is 2.00. The van der Waals surface area contributed by atoms with Crippen LogP contribution in [0.15, 0.2) is 47.2 Å². The van der Waals surface area contributed by atoms with Crippen molar-refractivity contribution >= 4 is 46.2 Å². The van der Waals surface area contributed by atoms with E-state index in [-0.39, 0.29) is 11.7 Å². The second-order valence-electron chi connectivity index (χ2n) is 4.53. The molecule has 0 saturated carbocycles. The highest BCUT2D eigenvalue weighted by atomic mass is 32.2. The van der Waals surface area contributed by atoms with E-state index >= 15 is 0 Å². The molecule has 0 aliphatic carbocycles. The van der Waals surface area contributed by atoms with Crippen LogP contribution >= 0.6 is 23.1 Å². The molecule has 23 heavy (non-hydrogen) atoms. The first kappa shape index (κ1) is 15.6. The third kappa shape index (κ3) is 3.38. The number of aromatic nitrogens is 2. The first-order chi connectivity index (χ1) is 11.2. The predicted molar refractivity (Wildman–Crippen MR) is 90.2 cm³/mol. The summed E-state index contributed by atoms with van der Waals surface area (Å²) in [6.07, 6.45) is 3.66. The standard InChI is InChI=1S/C15H13N3O3S2/c1-21-14(20)13-11(5-7-22-13)17-12(19)9-23-15-16-8-10-4-2-3-6-18(10)15/h2-8H,9H2,1H3,(H,17,19). The van der Waals surface area contributed by atoms with Crippen LogP contribution in [0.4, 0.5) is 5.69 Å². The maximum Gasteiger partial charge on any atom is 0.350 e. The van der Waals surface area contributed by atoms with Gasteiger partial charge in [0.15, 0.2) is 5.16 Å². The molecule has 118 valence electrons. The average molecular weight is 347 g/mol. The lowest BCUT2D eigenvalue weighted by Gasteiger charge is -2.05. The largest absolute Gasteiger partial charge is 0.465 e. The summed E-state index contributed by atoms with van der Waals surface area (Å²) >= 11 is 2.56. The number of imidazole rings is 1. The summed E-state index contributed by atoms with van der Waals surface area (Å²) in [5, 5.41) is 5.21. The minimum atomic E-state index is -0.456. The molecule has 0 radical (unpaired) electrons. The molecular formula is C15H13N3O3S2. The van der Waals surface area contributed by atoms with Crippen molar-refractivity contribution in [3.05, 3.63) is 46.9 Å². The van der Waals surface area contributed by atoms with Gasteiger partial charge in [-0.2, -0.15) is 0 Å². The van der Waals surface area contributed by atoms with E-state index in [2.05, 4.69) is 15.0 Å². The molecule has 0 aliphatic rings. The monoisotopic (exact) mass is 347 g/mol. The van der Waals surface area contributed by atoms with E-state index in [0.717, 1.165) is 10.7 Å². The van der Waals surface area contributed by atoms with Crippen LogP contribution in [-0.2, 0) is 9.53 Å². The van der Waals surface area contributed by atoms with Gasteiger partial charge in [-0.25, -0.2) is 9.78 Å². The maximum absolute atomic E-state index is 12.1. The molecule has 0 unspecified atom stereocenters. The Hall–Kier alpha value is -2.32. The molecule has 0 fully saturated rings. The van der Waals surface area contributed by atoms with Crippen LogP contribution in [0.3, 0.4) is 0 Å². The van der Waals surface area contributed by atoms with Gasteiger partial charge in [0.25, 0.3) is 0 Å². The number of pyridine rings is 1. The summed E-state index contributed by atoms with van der Waals surface area (Å²) < 4.78 is 6.60. The molecule has 3 aromatic heterocycles. The highest BCUT2D eigenvalue weighted by Gasteiger charge is 2.16. The summed E-state index contributed by atoms with van der Waals surface area (Å²) in [5.41, 5.74) is 1.45. The third-order valence-electron chi connectivity index (χ3n) is 3.05. The Morgan fingerprint density at radius 1 is 1.39 bits per heavy atom. The van der Waals surface area contributed by atoms with Crippen molar-refractivity contribution < 1.29 is 14.3 Å². The Kier molecular flexibility index (Phi) is 4.63. The molecule has 0 spiro atoms. The van der Waals surface area contributed by atoms with Crippen LogP contribution in [0.2, 0.25) is 0 Å². The number of thiophene rings is 1. The molecule has 0 bridgehead atoms. The van der Waals surface area contributed by atoms with E-state index in [9.17, 15) is 9.59 Å². The van der Waals surface area contributed by atoms with Crippen LogP contribution in [0.25, 0.3) is 5.52 Å². The summed E-state index contributed by atoms with van der Waals surface area (Å²) in [6, 6.07) is 7.48. The van der Waals surface area contributed by atoms with Gasteiger partial charge in [-0.3, -0.25) is 9.20 Å². The number of anilines is 1. The lowest BCUT2D eigenvalue weighted by Crippen LogP contribution is -2.16. The quantitative estimate of drug-likeness (QED) is 0.567. The van der Waals surface area contributed by atoms with Gasteiger partial charge in [0.05, 0.1) is 30.3 Å². The number of thioether (sulfide) groups is 1. The topological polar surface area (TPSA) is 72.7 Å². The van der Waals surface area contributed by atoms with Gasteiger partial charge < -0.3 is 10.1 Å². The number of hydrogen-bond acceptors (Lipinski definition) is 6. The van der Waals surface area contributed by atoms with E-state index < -0.39 is 5.97 Å². The fourth-order valence-corrected chi connectivity index (χ4v) is 3.53. The maximum atomic E-state index is 12.1. The van der Waals surface area contributed by atoms with Gasteiger partial charge in [-0.15, -0.1) is 11.3 Å². The molecule has 6 nitrogen and oxygen atoms in total.